The number of pyridine rings is 1. The first-order valence-corrected chi connectivity index (χ1v) is 10.5. The molecule has 2 aliphatic heterocycles. The van der Waals surface area contributed by atoms with Gasteiger partial charge in [0.05, 0.1) is 29.7 Å². The molecule has 154 valence electrons. The summed E-state index contributed by atoms with van der Waals surface area (Å²) in [4.78, 5) is 32.9. The van der Waals surface area contributed by atoms with Crippen LogP contribution in [-0.2, 0) is 14.3 Å². The highest BCUT2D eigenvalue weighted by Gasteiger charge is 2.52. The van der Waals surface area contributed by atoms with Crippen molar-refractivity contribution in [3.8, 4) is 5.75 Å². The summed E-state index contributed by atoms with van der Waals surface area (Å²) in [6, 6.07) is 10.2. The molecular formula is C23H21ClN2O4. The third kappa shape index (κ3) is 2.98. The number of carbonyl (C=O) groups is 2. The molecular weight excluding hydrogens is 404 g/mol. The smallest absolute Gasteiger partial charge is 0.295 e. The molecule has 3 heterocycles. The number of hydrogen-bond donors (Lipinski definition) is 0. The van der Waals surface area contributed by atoms with Crippen molar-refractivity contribution in [2.24, 2.45) is 5.92 Å². The van der Waals surface area contributed by atoms with Gasteiger partial charge in [-0.3, -0.25) is 14.5 Å². The fraction of sp³-hybridized carbons (Fsp3) is 0.348. The van der Waals surface area contributed by atoms with E-state index in [4.69, 9.17) is 21.1 Å². The first-order valence-electron chi connectivity index (χ1n) is 10.1. The number of amides is 1. The van der Waals surface area contributed by atoms with Gasteiger partial charge in [0, 0.05) is 6.20 Å². The fourth-order valence-corrected chi connectivity index (χ4v) is 4.83. The van der Waals surface area contributed by atoms with Crippen LogP contribution in [0.1, 0.15) is 37.3 Å². The highest BCUT2D eigenvalue weighted by atomic mass is 35.5. The van der Waals surface area contributed by atoms with E-state index in [2.05, 4.69) is 4.98 Å². The van der Waals surface area contributed by atoms with Gasteiger partial charge in [0.2, 0.25) is 0 Å². The van der Waals surface area contributed by atoms with Gasteiger partial charge in [-0.25, -0.2) is 4.98 Å². The van der Waals surface area contributed by atoms with Crippen molar-refractivity contribution >= 4 is 29.1 Å². The van der Waals surface area contributed by atoms with Gasteiger partial charge >= 0.3 is 0 Å². The van der Waals surface area contributed by atoms with Crippen LogP contribution < -0.4 is 9.64 Å². The molecule has 30 heavy (non-hydrogen) atoms. The average molecular weight is 425 g/mol. The zero-order valence-electron chi connectivity index (χ0n) is 16.5. The van der Waals surface area contributed by atoms with Crippen molar-refractivity contribution in [3.05, 3.63) is 64.5 Å². The maximum Gasteiger partial charge on any atom is 0.295 e. The van der Waals surface area contributed by atoms with Gasteiger partial charge in [0.1, 0.15) is 17.7 Å². The van der Waals surface area contributed by atoms with Gasteiger partial charge in [0.25, 0.3) is 5.91 Å². The van der Waals surface area contributed by atoms with Gasteiger partial charge in [0.15, 0.2) is 11.5 Å². The Morgan fingerprint density at radius 3 is 2.77 bits per heavy atom. The lowest BCUT2D eigenvalue weighted by Crippen LogP contribution is -2.39. The molecule has 0 saturated heterocycles. The van der Waals surface area contributed by atoms with Crippen molar-refractivity contribution in [2.75, 3.05) is 12.0 Å². The minimum Gasteiger partial charge on any atom is -0.497 e. The van der Waals surface area contributed by atoms with E-state index in [0.29, 0.717) is 22.2 Å². The number of benzene rings is 1. The number of aromatic nitrogens is 1. The number of carbonyl (C=O) groups excluding carboxylic acids is 2. The molecule has 5 rings (SSSR count). The maximum absolute atomic E-state index is 13.6. The minimum absolute atomic E-state index is 0.0126. The van der Waals surface area contributed by atoms with E-state index in [1.807, 2.05) is 24.3 Å². The van der Waals surface area contributed by atoms with Gasteiger partial charge in [-0.15, -0.1) is 0 Å². The van der Waals surface area contributed by atoms with Gasteiger partial charge in [-0.05, 0) is 49.1 Å². The molecule has 0 radical (unpaired) electrons. The van der Waals surface area contributed by atoms with E-state index < -0.39 is 6.04 Å². The lowest BCUT2D eigenvalue weighted by atomic mass is 9.77. The van der Waals surface area contributed by atoms with Gasteiger partial charge in [-0.2, -0.15) is 0 Å². The largest absolute Gasteiger partial charge is 0.497 e. The molecule has 3 aliphatic rings. The van der Waals surface area contributed by atoms with Crippen LogP contribution in [0.4, 0.5) is 5.82 Å². The molecule has 3 atom stereocenters. The summed E-state index contributed by atoms with van der Waals surface area (Å²) in [6.45, 7) is 0. The molecule has 3 unspecified atom stereocenters. The fourth-order valence-electron chi connectivity index (χ4n) is 4.72. The second kappa shape index (κ2) is 7.43. The van der Waals surface area contributed by atoms with Gasteiger partial charge in [-0.1, -0.05) is 30.2 Å². The molecule has 1 fully saturated rings. The Hall–Kier alpha value is -2.86. The second-order valence-electron chi connectivity index (χ2n) is 7.84. The maximum atomic E-state index is 13.6. The number of Topliss-reactive ketones (excluding diaryl/α,β-unsaturated/α-hetero) is 1. The Labute approximate surface area is 179 Å². The molecule has 6 nitrogen and oxygen atoms in total. The van der Waals surface area contributed by atoms with Crippen LogP contribution in [0.2, 0.25) is 5.02 Å². The summed E-state index contributed by atoms with van der Waals surface area (Å²) in [5.41, 5.74) is 1.20. The van der Waals surface area contributed by atoms with E-state index >= 15 is 0 Å². The molecule has 2 aromatic rings. The lowest BCUT2D eigenvalue weighted by Gasteiger charge is -2.35. The SMILES string of the molecule is COc1cccc(C2C3=C(OC4CCCCC4C3=O)C(=O)N2c2ccc(Cl)cn2)c1. The number of anilines is 1. The average Bonchev–Trinajstić information content (AvgIpc) is 3.07. The summed E-state index contributed by atoms with van der Waals surface area (Å²) >= 11 is 6.00. The van der Waals surface area contributed by atoms with E-state index in [9.17, 15) is 9.59 Å². The zero-order chi connectivity index (χ0) is 20.8. The van der Waals surface area contributed by atoms with Crippen LogP contribution in [-0.4, -0.2) is 29.9 Å². The topological polar surface area (TPSA) is 68.7 Å². The van der Waals surface area contributed by atoms with Crippen LogP contribution in [0.15, 0.2) is 53.9 Å². The van der Waals surface area contributed by atoms with Gasteiger partial charge < -0.3 is 9.47 Å². The van der Waals surface area contributed by atoms with E-state index in [1.54, 1.807) is 19.2 Å². The quantitative estimate of drug-likeness (QED) is 0.737. The Bertz CT molecular complexity index is 1050. The molecule has 7 heteroatoms. The van der Waals surface area contributed by atoms with E-state index in [0.717, 1.165) is 31.2 Å². The number of halogens is 1. The first kappa shape index (κ1) is 19.1. The van der Waals surface area contributed by atoms with Crippen LogP contribution >= 0.6 is 11.6 Å². The molecule has 1 aromatic carbocycles. The number of methoxy groups -OCH3 is 1. The Morgan fingerprint density at radius 1 is 1.17 bits per heavy atom. The molecule has 1 aliphatic carbocycles. The second-order valence-corrected chi connectivity index (χ2v) is 8.28. The minimum atomic E-state index is -0.619. The molecule has 0 N–H and O–H groups in total. The summed E-state index contributed by atoms with van der Waals surface area (Å²) in [5.74, 6) is 0.705. The standard InChI is InChI=1S/C23H21ClN2O4/c1-29-15-6-4-5-13(11-15)20-19-21(27)16-7-2-3-8-17(16)30-22(19)23(28)26(20)18-10-9-14(24)12-25-18/h4-6,9-12,16-17,20H,2-3,7-8H2,1H3. The van der Waals surface area contributed by atoms with E-state index in [-0.39, 0.29) is 29.5 Å². The first-order chi connectivity index (χ1) is 14.6. The number of rotatable bonds is 3. The van der Waals surface area contributed by atoms with Crippen LogP contribution in [0.3, 0.4) is 0 Å². The third-order valence-electron chi connectivity index (χ3n) is 6.13. The lowest BCUT2D eigenvalue weighted by molar-refractivity contribution is -0.131. The van der Waals surface area contributed by atoms with Crippen LogP contribution in [0, 0.1) is 5.92 Å². The third-order valence-corrected chi connectivity index (χ3v) is 6.36. The molecule has 1 amide bonds. The highest BCUT2D eigenvalue weighted by molar-refractivity contribution is 6.30. The predicted molar refractivity (Wildman–Crippen MR) is 111 cm³/mol. The normalized spacial score (nSPS) is 25.7. The molecule has 1 aromatic heterocycles. The molecule has 0 spiro atoms. The molecule has 1 saturated carbocycles. The Kier molecular flexibility index (Phi) is 4.74. The number of hydrogen-bond acceptors (Lipinski definition) is 5. The number of ketones is 1. The van der Waals surface area contributed by atoms with E-state index in [1.165, 1.54) is 11.1 Å². The molecule has 0 bridgehead atoms. The summed E-state index contributed by atoms with van der Waals surface area (Å²) in [7, 11) is 1.59. The Balaban J connectivity index is 1.66. The monoisotopic (exact) mass is 424 g/mol. The number of fused-ring (bicyclic) bond motifs is 1. The van der Waals surface area contributed by atoms with Crippen molar-refractivity contribution in [1.29, 1.82) is 0 Å². The summed E-state index contributed by atoms with van der Waals surface area (Å²) < 4.78 is 11.5. The Morgan fingerprint density at radius 2 is 2.00 bits per heavy atom. The van der Waals surface area contributed by atoms with Crippen molar-refractivity contribution in [2.45, 2.75) is 37.8 Å². The van der Waals surface area contributed by atoms with Crippen LogP contribution in [0.5, 0.6) is 5.75 Å². The van der Waals surface area contributed by atoms with Crippen LogP contribution in [0.25, 0.3) is 0 Å². The zero-order valence-corrected chi connectivity index (χ0v) is 17.3. The van der Waals surface area contributed by atoms with Crippen molar-refractivity contribution < 1.29 is 19.1 Å². The summed E-state index contributed by atoms with van der Waals surface area (Å²) in [6.07, 6.45) is 4.86. The number of ether oxygens (including phenoxy) is 2. The summed E-state index contributed by atoms with van der Waals surface area (Å²) in [5, 5.41) is 0.472. The highest BCUT2D eigenvalue weighted by Crippen LogP contribution is 2.48. The van der Waals surface area contributed by atoms with Crippen molar-refractivity contribution in [1.82, 2.24) is 4.98 Å². The number of nitrogens with zero attached hydrogens (tertiary/aromatic N) is 2. The van der Waals surface area contributed by atoms with Crippen molar-refractivity contribution in [3.63, 3.8) is 0 Å². The predicted octanol–water partition coefficient (Wildman–Crippen LogP) is 4.24.